The quantitative estimate of drug-likeness (QED) is 0.565. The van der Waals surface area contributed by atoms with Gasteiger partial charge in [0.2, 0.25) is 0 Å². The van der Waals surface area contributed by atoms with Crippen LogP contribution in [0.25, 0.3) is 0 Å². The smallest absolute Gasteiger partial charge is 0.315 e. The number of rotatable bonds is 1. The number of carbonyl (C=O) groups is 1. The fraction of sp³-hybridized carbons (Fsp3) is 0.700. The van der Waals surface area contributed by atoms with Crippen LogP contribution in [0.2, 0.25) is 0 Å². The molecule has 0 aromatic heterocycles. The molecular formula is C10H18O2. The van der Waals surface area contributed by atoms with Gasteiger partial charge in [-0.3, -0.25) is 4.79 Å². The van der Waals surface area contributed by atoms with E-state index >= 15 is 0 Å². The van der Waals surface area contributed by atoms with Gasteiger partial charge in [0.25, 0.3) is 0 Å². The standard InChI is InChI=1S/C7H10O2.C3H8/c1-3-6-4-7(8)9-5(6)2;1-3-2/h3-4H2,1-2H3;3H2,1-2H3. The van der Waals surface area contributed by atoms with Gasteiger partial charge in [-0.1, -0.05) is 27.2 Å². The summed E-state index contributed by atoms with van der Waals surface area (Å²) in [6, 6.07) is 0. The van der Waals surface area contributed by atoms with Crippen LogP contribution in [-0.2, 0) is 9.53 Å². The molecule has 0 bridgehead atoms. The fourth-order valence-corrected chi connectivity index (χ4v) is 0.952. The van der Waals surface area contributed by atoms with Crippen molar-refractivity contribution in [3.63, 3.8) is 0 Å². The lowest BCUT2D eigenvalue weighted by Gasteiger charge is -1.91. The average molecular weight is 170 g/mol. The van der Waals surface area contributed by atoms with Crippen LogP contribution >= 0.6 is 0 Å². The number of hydrogen-bond acceptors (Lipinski definition) is 2. The lowest BCUT2D eigenvalue weighted by atomic mass is 10.1. The molecule has 0 radical (unpaired) electrons. The van der Waals surface area contributed by atoms with Gasteiger partial charge in [-0.15, -0.1) is 0 Å². The largest absolute Gasteiger partial charge is 0.431 e. The van der Waals surface area contributed by atoms with Crippen LogP contribution in [-0.4, -0.2) is 5.97 Å². The van der Waals surface area contributed by atoms with E-state index in [0.717, 1.165) is 17.8 Å². The molecule has 0 aliphatic carbocycles. The minimum Gasteiger partial charge on any atom is -0.431 e. The first-order chi connectivity index (χ1) is 5.65. The maximum atomic E-state index is 10.6. The van der Waals surface area contributed by atoms with Crippen molar-refractivity contribution < 1.29 is 9.53 Å². The highest BCUT2D eigenvalue weighted by atomic mass is 16.5. The molecule has 0 amide bonds. The molecule has 0 aromatic carbocycles. The highest BCUT2D eigenvalue weighted by Crippen LogP contribution is 2.21. The minimum absolute atomic E-state index is 0.107. The number of carbonyl (C=O) groups excluding carboxylic acids is 1. The van der Waals surface area contributed by atoms with Gasteiger partial charge < -0.3 is 4.74 Å². The summed E-state index contributed by atoms with van der Waals surface area (Å²) < 4.78 is 4.81. The topological polar surface area (TPSA) is 26.3 Å². The summed E-state index contributed by atoms with van der Waals surface area (Å²) in [5, 5.41) is 0. The molecule has 2 nitrogen and oxygen atoms in total. The molecule has 70 valence electrons. The Morgan fingerprint density at radius 1 is 1.33 bits per heavy atom. The summed E-state index contributed by atoms with van der Waals surface area (Å²) in [5.41, 5.74) is 1.14. The summed E-state index contributed by atoms with van der Waals surface area (Å²) >= 11 is 0. The summed E-state index contributed by atoms with van der Waals surface area (Å²) in [6.45, 7) is 8.12. The van der Waals surface area contributed by atoms with Gasteiger partial charge in [-0.25, -0.2) is 0 Å². The van der Waals surface area contributed by atoms with E-state index in [-0.39, 0.29) is 5.97 Å². The Morgan fingerprint density at radius 2 is 1.83 bits per heavy atom. The Kier molecular flexibility index (Phi) is 5.43. The molecule has 0 atom stereocenters. The van der Waals surface area contributed by atoms with Gasteiger partial charge in [0, 0.05) is 0 Å². The van der Waals surface area contributed by atoms with Crippen LogP contribution in [0.4, 0.5) is 0 Å². The third-order valence-electron chi connectivity index (χ3n) is 1.55. The normalized spacial score (nSPS) is 15.5. The maximum Gasteiger partial charge on any atom is 0.315 e. The van der Waals surface area contributed by atoms with E-state index in [4.69, 9.17) is 4.74 Å². The summed E-state index contributed by atoms with van der Waals surface area (Å²) in [6.07, 6.45) is 2.68. The molecule has 1 heterocycles. The predicted octanol–water partition coefficient (Wildman–Crippen LogP) is 3.03. The first kappa shape index (κ1) is 11.2. The lowest BCUT2D eigenvalue weighted by molar-refractivity contribution is -0.136. The van der Waals surface area contributed by atoms with Crippen LogP contribution < -0.4 is 0 Å². The molecule has 0 unspecified atom stereocenters. The van der Waals surface area contributed by atoms with Crippen LogP contribution in [0, 0.1) is 0 Å². The number of allylic oxidation sites excluding steroid dienone is 1. The van der Waals surface area contributed by atoms with E-state index in [2.05, 4.69) is 13.8 Å². The Morgan fingerprint density at radius 3 is 2.00 bits per heavy atom. The summed E-state index contributed by atoms with van der Waals surface area (Å²) in [4.78, 5) is 10.6. The van der Waals surface area contributed by atoms with Gasteiger partial charge in [-0.2, -0.15) is 0 Å². The second kappa shape index (κ2) is 5.81. The van der Waals surface area contributed by atoms with Crippen LogP contribution in [0.1, 0.15) is 47.0 Å². The van der Waals surface area contributed by atoms with Gasteiger partial charge >= 0.3 is 5.97 Å². The van der Waals surface area contributed by atoms with Crippen LogP contribution in [0.15, 0.2) is 11.3 Å². The Labute approximate surface area is 74.6 Å². The van der Waals surface area contributed by atoms with E-state index in [1.54, 1.807) is 0 Å². The van der Waals surface area contributed by atoms with Crippen molar-refractivity contribution in [1.29, 1.82) is 0 Å². The molecule has 1 aliphatic rings. The first-order valence-electron chi connectivity index (χ1n) is 4.54. The molecule has 0 N–H and O–H groups in total. The van der Waals surface area contributed by atoms with Crippen molar-refractivity contribution in [2.75, 3.05) is 0 Å². The molecule has 1 rings (SSSR count). The van der Waals surface area contributed by atoms with Gasteiger partial charge in [0.1, 0.15) is 5.76 Å². The Balaban J connectivity index is 0.000000354. The predicted molar refractivity (Wildman–Crippen MR) is 49.7 cm³/mol. The molecule has 0 fully saturated rings. The third-order valence-corrected chi connectivity index (χ3v) is 1.55. The highest BCUT2D eigenvalue weighted by molar-refractivity contribution is 5.76. The van der Waals surface area contributed by atoms with E-state index < -0.39 is 0 Å². The minimum atomic E-state index is -0.107. The average Bonchev–Trinajstić information content (AvgIpc) is 2.31. The van der Waals surface area contributed by atoms with E-state index in [0.29, 0.717) is 6.42 Å². The summed E-state index contributed by atoms with van der Waals surface area (Å²) in [5.74, 6) is 0.701. The molecule has 2 heteroatoms. The van der Waals surface area contributed by atoms with Crippen molar-refractivity contribution in [3.05, 3.63) is 11.3 Å². The van der Waals surface area contributed by atoms with Crippen molar-refractivity contribution in [3.8, 4) is 0 Å². The zero-order chi connectivity index (χ0) is 9.56. The number of hydrogen-bond donors (Lipinski definition) is 0. The monoisotopic (exact) mass is 170 g/mol. The first-order valence-corrected chi connectivity index (χ1v) is 4.54. The molecular weight excluding hydrogens is 152 g/mol. The molecule has 0 spiro atoms. The van der Waals surface area contributed by atoms with Crippen LogP contribution in [0.3, 0.4) is 0 Å². The van der Waals surface area contributed by atoms with E-state index in [1.165, 1.54) is 6.42 Å². The van der Waals surface area contributed by atoms with Crippen LogP contribution in [0.5, 0.6) is 0 Å². The van der Waals surface area contributed by atoms with Crippen molar-refractivity contribution >= 4 is 5.97 Å². The van der Waals surface area contributed by atoms with Crippen molar-refractivity contribution in [2.24, 2.45) is 0 Å². The molecule has 1 aliphatic heterocycles. The van der Waals surface area contributed by atoms with E-state index in [9.17, 15) is 4.79 Å². The van der Waals surface area contributed by atoms with Crippen molar-refractivity contribution in [2.45, 2.75) is 47.0 Å². The molecule has 0 aromatic rings. The van der Waals surface area contributed by atoms with Gasteiger partial charge in [0.15, 0.2) is 0 Å². The number of cyclic esters (lactones) is 1. The number of ether oxygens (including phenoxy) is 1. The molecule has 12 heavy (non-hydrogen) atoms. The second-order valence-electron chi connectivity index (χ2n) is 2.87. The zero-order valence-corrected chi connectivity index (χ0v) is 8.44. The molecule has 0 saturated carbocycles. The molecule has 0 saturated heterocycles. The van der Waals surface area contributed by atoms with Gasteiger partial charge in [-0.05, 0) is 18.9 Å². The second-order valence-corrected chi connectivity index (χ2v) is 2.87. The fourth-order valence-electron chi connectivity index (χ4n) is 0.952. The Bertz CT molecular complexity index is 180. The Hall–Kier alpha value is -0.790. The van der Waals surface area contributed by atoms with Crippen molar-refractivity contribution in [1.82, 2.24) is 0 Å². The van der Waals surface area contributed by atoms with E-state index in [1.807, 2.05) is 13.8 Å². The highest BCUT2D eigenvalue weighted by Gasteiger charge is 2.17. The summed E-state index contributed by atoms with van der Waals surface area (Å²) in [7, 11) is 0. The SMILES string of the molecule is CCC.CCC1=C(C)OC(=O)C1. The van der Waals surface area contributed by atoms with Gasteiger partial charge in [0.05, 0.1) is 6.42 Å². The maximum absolute atomic E-state index is 10.6. The number of esters is 1. The lowest BCUT2D eigenvalue weighted by Crippen LogP contribution is -1.91. The third kappa shape index (κ3) is 3.56. The zero-order valence-electron chi connectivity index (χ0n) is 8.44.